The molecule has 0 bridgehead atoms. The molecule has 0 unspecified atom stereocenters. The van der Waals surface area contributed by atoms with E-state index in [9.17, 15) is 14.4 Å². The monoisotopic (exact) mass is 383 g/mol. The van der Waals surface area contributed by atoms with E-state index >= 15 is 0 Å². The summed E-state index contributed by atoms with van der Waals surface area (Å²) in [7, 11) is 1.90. The molecule has 2 heterocycles. The number of aromatic nitrogens is 1. The third-order valence-corrected chi connectivity index (χ3v) is 4.87. The van der Waals surface area contributed by atoms with Crippen molar-refractivity contribution in [2.45, 2.75) is 13.8 Å². The number of carboxylic acids is 1. The van der Waals surface area contributed by atoms with E-state index in [4.69, 9.17) is 17.3 Å². The van der Waals surface area contributed by atoms with Gasteiger partial charge in [-0.1, -0.05) is 0 Å². The minimum absolute atomic E-state index is 0.0420. The molecular formula is C19H17N3O4S. The minimum atomic E-state index is -1.07. The van der Waals surface area contributed by atoms with Crippen LogP contribution in [-0.2, 0) is 16.6 Å². The van der Waals surface area contributed by atoms with Gasteiger partial charge in [0.25, 0.3) is 11.8 Å². The molecule has 1 aliphatic rings. The fourth-order valence-electron chi connectivity index (χ4n) is 2.83. The molecule has 0 saturated carbocycles. The van der Waals surface area contributed by atoms with Crippen molar-refractivity contribution in [3.05, 3.63) is 58.4 Å². The number of aromatic carboxylic acids is 1. The van der Waals surface area contributed by atoms with Gasteiger partial charge in [-0.15, -0.1) is 0 Å². The third-order valence-electron chi connectivity index (χ3n) is 4.59. The van der Waals surface area contributed by atoms with Crippen LogP contribution in [0.2, 0.25) is 0 Å². The molecule has 1 aromatic heterocycles. The highest BCUT2D eigenvalue weighted by atomic mass is 32.1. The number of rotatable bonds is 3. The Kier molecular flexibility index (Phi) is 4.67. The summed E-state index contributed by atoms with van der Waals surface area (Å²) in [6.45, 7) is 3.83. The van der Waals surface area contributed by atoms with Gasteiger partial charge < -0.3 is 9.67 Å². The number of carbonyl (C=O) groups is 3. The summed E-state index contributed by atoms with van der Waals surface area (Å²) < 4.78 is 1.96. The van der Waals surface area contributed by atoms with Gasteiger partial charge in [-0.05, 0) is 68.0 Å². The maximum absolute atomic E-state index is 13.0. The van der Waals surface area contributed by atoms with Gasteiger partial charge in [0.2, 0.25) is 0 Å². The molecule has 0 aliphatic carbocycles. The number of hydrogen-bond acceptors (Lipinski definition) is 4. The van der Waals surface area contributed by atoms with Crippen LogP contribution in [0.15, 0.2) is 35.9 Å². The Morgan fingerprint density at radius 2 is 1.81 bits per heavy atom. The molecular weight excluding hydrogens is 366 g/mol. The first-order valence-electron chi connectivity index (χ1n) is 8.08. The number of amides is 2. The molecule has 2 N–H and O–H groups in total. The number of nitrogens with one attached hydrogen (secondary N) is 1. The molecule has 7 nitrogen and oxygen atoms in total. The van der Waals surface area contributed by atoms with Crippen LogP contribution in [-0.4, -0.2) is 32.6 Å². The van der Waals surface area contributed by atoms with E-state index in [0.717, 1.165) is 17.0 Å². The van der Waals surface area contributed by atoms with Crippen LogP contribution in [0.3, 0.4) is 0 Å². The summed E-state index contributed by atoms with van der Waals surface area (Å²) in [5.41, 5.74) is 3.11. The predicted molar refractivity (Wildman–Crippen MR) is 104 cm³/mol. The summed E-state index contributed by atoms with van der Waals surface area (Å²) in [5, 5.41) is 11.5. The number of hydrogen-bond donors (Lipinski definition) is 2. The van der Waals surface area contributed by atoms with Gasteiger partial charge in [0.1, 0.15) is 5.57 Å². The van der Waals surface area contributed by atoms with Crippen molar-refractivity contribution in [2.24, 2.45) is 7.05 Å². The van der Waals surface area contributed by atoms with Crippen LogP contribution in [0.25, 0.3) is 6.08 Å². The number of anilines is 1. The SMILES string of the molecule is Cc1cc(C=C2C(=O)NC(=S)N(c3ccc(C(=O)O)cc3)C2=O)c(C)n1C. The normalized spacial score (nSPS) is 16.0. The van der Waals surface area contributed by atoms with Crippen LogP contribution < -0.4 is 10.2 Å². The van der Waals surface area contributed by atoms with Crippen molar-refractivity contribution in [1.82, 2.24) is 9.88 Å². The molecule has 2 aromatic rings. The van der Waals surface area contributed by atoms with E-state index in [-0.39, 0.29) is 16.2 Å². The minimum Gasteiger partial charge on any atom is -0.478 e. The third kappa shape index (κ3) is 3.26. The van der Waals surface area contributed by atoms with Gasteiger partial charge >= 0.3 is 5.97 Å². The second-order valence-corrected chi connectivity index (χ2v) is 6.58. The highest BCUT2D eigenvalue weighted by molar-refractivity contribution is 7.80. The highest BCUT2D eigenvalue weighted by Gasteiger charge is 2.34. The zero-order chi connectivity index (χ0) is 19.9. The largest absolute Gasteiger partial charge is 0.478 e. The summed E-state index contributed by atoms with van der Waals surface area (Å²) >= 11 is 5.14. The second kappa shape index (κ2) is 6.81. The van der Waals surface area contributed by atoms with Crippen molar-refractivity contribution < 1.29 is 19.5 Å². The zero-order valence-electron chi connectivity index (χ0n) is 14.9. The number of carboxylic acid groups (broad SMARTS) is 1. The first-order chi connectivity index (χ1) is 12.7. The van der Waals surface area contributed by atoms with Gasteiger partial charge in [-0.2, -0.15) is 0 Å². The number of thiocarbonyl (C=S) groups is 1. The van der Waals surface area contributed by atoms with E-state index in [1.54, 1.807) is 6.08 Å². The van der Waals surface area contributed by atoms with Crippen molar-refractivity contribution in [2.75, 3.05) is 4.90 Å². The van der Waals surface area contributed by atoms with Gasteiger partial charge in [0.05, 0.1) is 11.3 Å². The maximum atomic E-state index is 13.0. The molecule has 3 rings (SSSR count). The van der Waals surface area contributed by atoms with Crippen LogP contribution in [0.5, 0.6) is 0 Å². The predicted octanol–water partition coefficient (Wildman–Crippen LogP) is 2.17. The Morgan fingerprint density at radius 3 is 2.33 bits per heavy atom. The molecule has 0 atom stereocenters. The molecule has 0 spiro atoms. The molecule has 1 aliphatic heterocycles. The van der Waals surface area contributed by atoms with Crippen LogP contribution >= 0.6 is 12.2 Å². The first kappa shape index (κ1) is 18.5. The second-order valence-electron chi connectivity index (χ2n) is 6.20. The molecule has 8 heteroatoms. The lowest BCUT2D eigenvalue weighted by molar-refractivity contribution is -0.122. The van der Waals surface area contributed by atoms with E-state index in [2.05, 4.69) is 5.32 Å². The molecule has 1 saturated heterocycles. The average molecular weight is 383 g/mol. The smallest absolute Gasteiger partial charge is 0.335 e. The topological polar surface area (TPSA) is 91.6 Å². The molecule has 1 aromatic carbocycles. The summed E-state index contributed by atoms with van der Waals surface area (Å²) in [5.74, 6) is -2.20. The Morgan fingerprint density at radius 1 is 1.19 bits per heavy atom. The molecule has 0 radical (unpaired) electrons. The average Bonchev–Trinajstić information content (AvgIpc) is 2.85. The van der Waals surface area contributed by atoms with E-state index < -0.39 is 17.8 Å². The van der Waals surface area contributed by atoms with Crippen LogP contribution in [0, 0.1) is 13.8 Å². The van der Waals surface area contributed by atoms with Gasteiger partial charge in [0, 0.05) is 18.4 Å². The Labute approximate surface area is 160 Å². The lowest BCUT2D eigenvalue weighted by Crippen LogP contribution is -2.54. The van der Waals surface area contributed by atoms with Gasteiger partial charge in [-0.25, -0.2) is 4.79 Å². The highest BCUT2D eigenvalue weighted by Crippen LogP contribution is 2.24. The summed E-state index contributed by atoms with van der Waals surface area (Å²) in [6.07, 6.45) is 1.54. The molecule has 138 valence electrons. The molecule has 27 heavy (non-hydrogen) atoms. The quantitative estimate of drug-likeness (QED) is 0.482. The number of nitrogens with zero attached hydrogens (tertiary/aromatic N) is 2. The lowest BCUT2D eigenvalue weighted by atomic mass is 10.1. The maximum Gasteiger partial charge on any atom is 0.335 e. The summed E-state index contributed by atoms with van der Waals surface area (Å²) in [4.78, 5) is 37.5. The fourth-order valence-corrected chi connectivity index (χ4v) is 3.11. The number of benzene rings is 1. The molecule has 1 fully saturated rings. The van der Waals surface area contributed by atoms with Crippen molar-refractivity contribution in [3.63, 3.8) is 0 Å². The van der Waals surface area contributed by atoms with Crippen LogP contribution in [0.1, 0.15) is 27.3 Å². The van der Waals surface area contributed by atoms with Crippen molar-refractivity contribution >= 4 is 46.9 Å². The number of aryl methyl sites for hydroxylation is 1. The zero-order valence-corrected chi connectivity index (χ0v) is 15.8. The number of carbonyl (C=O) groups excluding carboxylic acids is 2. The van der Waals surface area contributed by atoms with E-state index in [1.807, 2.05) is 31.5 Å². The Bertz CT molecular complexity index is 1020. The molecule has 2 amide bonds. The van der Waals surface area contributed by atoms with Gasteiger partial charge in [0.15, 0.2) is 5.11 Å². The standard InChI is InChI=1S/C19H17N3O4S/c1-10-8-13(11(2)21(10)3)9-15-16(23)20-19(27)22(17(15)24)14-6-4-12(5-7-14)18(25)26/h4-9H,1-3H3,(H,25,26)(H,20,23,27). The van der Waals surface area contributed by atoms with Crippen molar-refractivity contribution in [1.29, 1.82) is 0 Å². The van der Waals surface area contributed by atoms with Crippen LogP contribution in [0.4, 0.5) is 5.69 Å². The summed E-state index contributed by atoms with van der Waals surface area (Å²) in [6, 6.07) is 7.58. The van der Waals surface area contributed by atoms with E-state index in [1.165, 1.54) is 29.2 Å². The first-order valence-corrected chi connectivity index (χ1v) is 8.49. The van der Waals surface area contributed by atoms with Gasteiger partial charge in [-0.3, -0.25) is 19.8 Å². The Hall–Kier alpha value is -3.26. The lowest BCUT2D eigenvalue weighted by Gasteiger charge is -2.29. The fraction of sp³-hybridized carbons (Fsp3) is 0.158. The van der Waals surface area contributed by atoms with Crippen molar-refractivity contribution in [3.8, 4) is 0 Å². The Balaban J connectivity index is 2.02. The van der Waals surface area contributed by atoms with E-state index in [0.29, 0.717) is 5.69 Å².